The molecule has 0 radical (unpaired) electrons. The number of hydrogen-bond donors (Lipinski definition) is 1. The molecule has 5 heteroatoms. The molecule has 0 aromatic heterocycles. The number of anilines is 1. The average Bonchev–Trinajstić information content (AvgIpc) is 2.81. The van der Waals surface area contributed by atoms with Gasteiger partial charge in [-0.15, -0.1) is 0 Å². The van der Waals surface area contributed by atoms with Crippen molar-refractivity contribution in [3.05, 3.63) is 59.7 Å². The Morgan fingerprint density at radius 3 is 2.71 bits per heavy atom. The number of hydrogen-bond acceptors (Lipinski definition) is 5. The Morgan fingerprint density at radius 1 is 1.18 bits per heavy atom. The molecule has 2 aromatic rings. The molecule has 0 spiro atoms. The van der Waals surface area contributed by atoms with Crippen LogP contribution in [0.2, 0.25) is 0 Å². The third kappa shape index (κ3) is 3.67. The lowest BCUT2D eigenvalue weighted by molar-refractivity contribution is -0.148. The fourth-order valence-corrected chi connectivity index (χ4v) is 5.90. The number of allylic oxidation sites excluding steroid dienone is 3. The van der Waals surface area contributed by atoms with Gasteiger partial charge in [0, 0.05) is 29.2 Å². The van der Waals surface area contributed by atoms with Crippen LogP contribution in [0.3, 0.4) is 0 Å². The van der Waals surface area contributed by atoms with Gasteiger partial charge in [-0.2, -0.15) is 0 Å². The van der Waals surface area contributed by atoms with Crippen LogP contribution in [0.1, 0.15) is 64.2 Å². The number of rotatable bonds is 4. The molecule has 1 aliphatic carbocycles. The molecule has 2 heterocycles. The molecule has 3 aliphatic rings. The SMILES string of the molecule is COc1cccc2c1-c1ccc3c(c1C(C1(COC(C)=O)CC=CCC1)O2)C(C)=CC(C)(C)N3. The first kappa shape index (κ1) is 22.6. The predicted molar refractivity (Wildman–Crippen MR) is 135 cm³/mol. The van der Waals surface area contributed by atoms with Crippen molar-refractivity contribution in [2.75, 3.05) is 19.0 Å². The standard InChI is InChI=1S/C29H33NO4/c1-18-16-28(3,4)30-21-13-12-20-25-22(32-5)10-9-11-23(25)34-27(26(20)24(18)21)29(17-33-19(2)31)14-7-6-8-15-29/h6-7,9-13,16,27,30H,8,14-15,17H2,1-5H3. The number of esters is 1. The van der Waals surface area contributed by atoms with Gasteiger partial charge < -0.3 is 19.5 Å². The van der Waals surface area contributed by atoms with E-state index in [1.807, 2.05) is 18.2 Å². The Hall–Kier alpha value is -3.21. The topological polar surface area (TPSA) is 56.8 Å². The van der Waals surface area contributed by atoms with Crippen LogP contribution < -0.4 is 14.8 Å². The van der Waals surface area contributed by atoms with E-state index in [9.17, 15) is 4.79 Å². The molecule has 2 aromatic carbocycles. The third-order valence-electron chi connectivity index (χ3n) is 7.28. The minimum atomic E-state index is -0.363. The highest BCUT2D eigenvalue weighted by Crippen LogP contribution is 2.58. The summed E-state index contributed by atoms with van der Waals surface area (Å²) in [5.74, 6) is 1.33. The van der Waals surface area contributed by atoms with Crippen molar-refractivity contribution in [2.24, 2.45) is 5.41 Å². The van der Waals surface area contributed by atoms with Crippen molar-refractivity contribution in [2.45, 2.75) is 58.6 Å². The Bertz CT molecular complexity index is 1210. The first-order valence-electron chi connectivity index (χ1n) is 12.0. The number of methoxy groups -OCH3 is 1. The Morgan fingerprint density at radius 2 is 2.00 bits per heavy atom. The molecular formula is C29H33NO4. The number of carbonyl (C=O) groups excluding carboxylic acids is 1. The molecule has 2 atom stereocenters. The van der Waals surface area contributed by atoms with Crippen molar-refractivity contribution in [1.29, 1.82) is 0 Å². The minimum absolute atomic E-state index is 0.144. The van der Waals surface area contributed by atoms with Crippen LogP contribution in [0.5, 0.6) is 11.5 Å². The first-order valence-corrected chi connectivity index (χ1v) is 12.0. The number of nitrogens with one attached hydrogen (secondary N) is 1. The Balaban J connectivity index is 1.78. The molecule has 0 saturated heterocycles. The fraction of sp³-hybridized carbons (Fsp3) is 0.414. The lowest BCUT2D eigenvalue weighted by atomic mass is 9.67. The molecular weight excluding hydrogens is 426 g/mol. The summed E-state index contributed by atoms with van der Waals surface area (Å²) < 4.78 is 18.3. The van der Waals surface area contributed by atoms with Gasteiger partial charge in [0.1, 0.15) is 24.2 Å². The summed E-state index contributed by atoms with van der Waals surface area (Å²) in [7, 11) is 1.70. The summed E-state index contributed by atoms with van der Waals surface area (Å²) in [6.07, 6.45) is 9.02. The van der Waals surface area contributed by atoms with Gasteiger partial charge in [0.05, 0.1) is 18.2 Å². The smallest absolute Gasteiger partial charge is 0.302 e. The maximum atomic E-state index is 11.9. The van der Waals surface area contributed by atoms with Crippen LogP contribution >= 0.6 is 0 Å². The summed E-state index contributed by atoms with van der Waals surface area (Å²) in [5, 5.41) is 3.69. The number of fused-ring (bicyclic) bond motifs is 5. The molecule has 0 bridgehead atoms. The molecule has 5 rings (SSSR count). The van der Waals surface area contributed by atoms with Gasteiger partial charge in [-0.05, 0) is 69.4 Å². The first-order chi connectivity index (χ1) is 16.2. The van der Waals surface area contributed by atoms with Crippen LogP contribution in [-0.4, -0.2) is 25.2 Å². The molecule has 2 unspecified atom stereocenters. The molecule has 5 nitrogen and oxygen atoms in total. The van der Waals surface area contributed by atoms with E-state index < -0.39 is 0 Å². The summed E-state index contributed by atoms with van der Waals surface area (Å²) in [4.78, 5) is 11.9. The van der Waals surface area contributed by atoms with E-state index in [0.29, 0.717) is 6.61 Å². The number of ether oxygens (including phenoxy) is 3. The maximum Gasteiger partial charge on any atom is 0.302 e. The van der Waals surface area contributed by atoms with Crippen molar-refractivity contribution in [3.8, 4) is 22.6 Å². The second kappa shape index (κ2) is 8.23. The predicted octanol–water partition coefficient (Wildman–Crippen LogP) is 6.69. The summed E-state index contributed by atoms with van der Waals surface area (Å²) in [5.41, 5.74) is 6.23. The summed E-state index contributed by atoms with van der Waals surface area (Å²) in [6, 6.07) is 10.3. The fourth-order valence-electron chi connectivity index (χ4n) is 5.90. The van der Waals surface area contributed by atoms with E-state index in [0.717, 1.165) is 53.1 Å². The van der Waals surface area contributed by atoms with E-state index in [4.69, 9.17) is 14.2 Å². The van der Waals surface area contributed by atoms with Gasteiger partial charge in [0.25, 0.3) is 0 Å². The average molecular weight is 460 g/mol. The van der Waals surface area contributed by atoms with Gasteiger partial charge >= 0.3 is 5.97 Å². The van der Waals surface area contributed by atoms with Gasteiger partial charge in [-0.1, -0.05) is 30.4 Å². The van der Waals surface area contributed by atoms with Crippen LogP contribution in [0.25, 0.3) is 16.7 Å². The molecule has 0 amide bonds. The molecule has 0 fully saturated rings. The van der Waals surface area contributed by atoms with E-state index in [-0.39, 0.29) is 23.0 Å². The van der Waals surface area contributed by atoms with Crippen LogP contribution in [0, 0.1) is 5.41 Å². The minimum Gasteiger partial charge on any atom is -0.496 e. The van der Waals surface area contributed by atoms with E-state index in [1.54, 1.807) is 7.11 Å². The van der Waals surface area contributed by atoms with Crippen LogP contribution in [-0.2, 0) is 9.53 Å². The summed E-state index contributed by atoms with van der Waals surface area (Å²) >= 11 is 0. The van der Waals surface area contributed by atoms with Crippen molar-refractivity contribution in [1.82, 2.24) is 0 Å². The highest BCUT2D eigenvalue weighted by Gasteiger charge is 2.48. The largest absolute Gasteiger partial charge is 0.496 e. The second-order valence-electron chi connectivity index (χ2n) is 10.3. The normalized spacial score (nSPS) is 23.9. The monoisotopic (exact) mass is 459 g/mol. The molecule has 1 N–H and O–H groups in total. The van der Waals surface area contributed by atoms with Crippen molar-refractivity contribution >= 4 is 17.2 Å². The summed E-state index contributed by atoms with van der Waals surface area (Å²) in [6.45, 7) is 8.33. The lowest BCUT2D eigenvalue weighted by Crippen LogP contribution is -2.41. The quantitative estimate of drug-likeness (QED) is 0.408. The van der Waals surface area contributed by atoms with Gasteiger partial charge in [0.15, 0.2) is 0 Å². The maximum absolute atomic E-state index is 11.9. The third-order valence-corrected chi connectivity index (χ3v) is 7.28. The van der Waals surface area contributed by atoms with Crippen molar-refractivity contribution < 1.29 is 19.0 Å². The molecule has 178 valence electrons. The molecule has 34 heavy (non-hydrogen) atoms. The zero-order chi connectivity index (χ0) is 24.1. The zero-order valence-corrected chi connectivity index (χ0v) is 20.7. The highest BCUT2D eigenvalue weighted by molar-refractivity contribution is 5.91. The van der Waals surface area contributed by atoms with Gasteiger partial charge in [0.2, 0.25) is 0 Å². The Kier molecular flexibility index (Phi) is 5.46. The molecule has 2 aliphatic heterocycles. The van der Waals surface area contributed by atoms with E-state index >= 15 is 0 Å². The van der Waals surface area contributed by atoms with E-state index in [1.165, 1.54) is 18.1 Å². The van der Waals surface area contributed by atoms with Crippen LogP contribution in [0.15, 0.2) is 48.6 Å². The zero-order valence-electron chi connectivity index (χ0n) is 20.7. The number of benzene rings is 2. The van der Waals surface area contributed by atoms with Gasteiger partial charge in [-0.3, -0.25) is 4.79 Å². The van der Waals surface area contributed by atoms with Gasteiger partial charge in [-0.25, -0.2) is 0 Å². The van der Waals surface area contributed by atoms with Crippen molar-refractivity contribution in [3.63, 3.8) is 0 Å². The van der Waals surface area contributed by atoms with Crippen LogP contribution in [0.4, 0.5) is 5.69 Å². The number of carbonyl (C=O) groups is 1. The second-order valence-corrected chi connectivity index (χ2v) is 10.3. The lowest BCUT2D eigenvalue weighted by Gasteiger charge is -2.46. The van der Waals surface area contributed by atoms with E-state index in [2.05, 4.69) is 56.4 Å². The highest BCUT2D eigenvalue weighted by atomic mass is 16.5. The Labute approximate surface area is 201 Å². The molecule has 0 saturated carbocycles.